The van der Waals surface area contributed by atoms with Gasteiger partial charge in [-0.1, -0.05) is 0 Å². The smallest absolute Gasteiger partial charge is 0.335 e. The number of nitrogens with one attached hydrogen (secondary N) is 1. The van der Waals surface area contributed by atoms with E-state index in [1.165, 1.54) is 25.3 Å². The second-order valence-corrected chi connectivity index (χ2v) is 4.80. The molecule has 2 rings (SSSR count). The lowest BCUT2D eigenvalue weighted by Gasteiger charge is -2.11. The molecule has 1 aliphatic heterocycles. The molecule has 1 aliphatic rings. The van der Waals surface area contributed by atoms with Crippen molar-refractivity contribution in [2.75, 3.05) is 25.6 Å². The summed E-state index contributed by atoms with van der Waals surface area (Å²) in [7, 11) is 1.33. The van der Waals surface area contributed by atoms with Crippen LogP contribution in [0.2, 0.25) is 0 Å². The van der Waals surface area contributed by atoms with Gasteiger partial charge in [0.05, 0.1) is 23.8 Å². The Kier molecular flexibility index (Phi) is 5.47. The highest BCUT2D eigenvalue weighted by atomic mass is 16.6. The largest absolute Gasteiger partial charge is 0.494 e. The van der Waals surface area contributed by atoms with Gasteiger partial charge < -0.3 is 19.5 Å². The van der Waals surface area contributed by atoms with E-state index in [0.29, 0.717) is 13.0 Å². The van der Waals surface area contributed by atoms with Gasteiger partial charge in [0.2, 0.25) is 0 Å². The summed E-state index contributed by atoms with van der Waals surface area (Å²) in [5.41, 5.74) is 0.0842. The number of rotatable bonds is 6. The first kappa shape index (κ1) is 16.7. The third-order valence-electron chi connectivity index (χ3n) is 3.21. The second kappa shape index (κ2) is 7.54. The molecule has 0 bridgehead atoms. The van der Waals surface area contributed by atoms with Crippen molar-refractivity contribution in [3.05, 3.63) is 28.3 Å². The van der Waals surface area contributed by atoms with Gasteiger partial charge in [0, 0.05) is 12.7 Å². The molecule has 1 aromatic carbocycles. The molecule has 0 aromatic heterocycles. The van der Waals surface area contributed by atoms with Crippen LogP contribution in [-0.4, -0.2) is 43.2 Å². The predicted octanol–water partition coefficient (Wildman–Crippen LogP) is 1.26. The molecular weight excluding hydrogens is 308 g/mol. The Morgan fingerprint density at radius 2 is 2.26 bits per heavy atom. The first-order valence-corrected chi connectivity index (χ1v) is 6.92. The number of ether oxygens (including phenoxy) is 3. The van der Waals surface area contributed by atoms with Crippen LogP contribution in [0.3, 0.4) is 0 Å². The fourth-order valence-electron chi connectivity index (χ4n) is 2.08. The lowest BCUT2D eigenvalue weighted by atomic mass is 10.2. The maximum Gasteiger partial charge on any atom is 0.335 e. The van der Waals surface area contributed by atoms with Crippen molar-refractivity contribution in [3.8, 4) is 5.75 Å². The number of carbonyl (C=O) groups excluding carboxylic acids is 2. The van der Waals surface area contributed by atoms with Crippen molar-refractivity contribution in [1.82, 2.24) is 0 Å². The summed E-state index contributed by atoms with van der Waals surface area (Å²) >= 11 is 0. The Morgan fingerprint density at radius 1 is 1.48 bits per heavy atom. The molecule has 0 radical (unpaired) electrons. The minimum Gasteiger partial charge on any atom is -0.494 e. The monoisotopic (exact) mass is 324 g/mol. The lowest BCUT2D eigenvalue weighted by Crippen LogP contribution is -2.27. The van der Waals surface area contributed by atoms with Crippen LogP contribution >= 0.6 is 0 Å². The van der Waals surface area contributed by atoms with E-state index in [1.807, 2.05) is 0 Å². The molecule has 1 heterocycles. The lowest BCUT2D eigenvalue weighted by molar-refractivity contribution is -0.384. The van der Waals surface area contributed by atoms with Gasteiger partial charge >= 0.3 is 5.97 Å². The molecule has 9 heteroatoms. The normalized spacial score (nSPS) is 16.7. The molecular formula is C14H16N2O7. The maximum absolute atomic E-state index is 11.8. The molecule has 1 atom stereocenters. The van der Waals surface area contributed by atoms with E-state index in [1.54, 1.807) is 0 Å². The minimum absolute atomic E-state index is 0.137. The third-order valence-corrected chi connectivity index (χ3v) is 3.21. The van der Waals surface area contributed by atoms with Crippen LogP contribution in [0.15, 0.2) is 18.2 Å². The van der Waals surface area contributed by atoms with Gasteiger partial charge in [-0.15, -0.1) is 0 Å². The van der Waals surface area contributed by atoms with Crippen LogP contribution in [0, 0.1) is 10.1 Å². The van der Waals surface area contributed by atoms with E-state index in [9.17, 15) is 19.7 Å². The maximum atomic E-state index is 11.8. The molecule has 9 nitrogen and oxygen atoms in total. The Balaban J connectivity index is 1.91. The van der Waals surface area contributed by atoms with Crippen molar-refractivity contribution in [2.45, 2.75) is 18.9 Å². The molecule has 23 heavy (non-hydrogen) atoms. The van der Waals surface area contributed by atoms with Crippen molar-refractivity contribution in [2.24, 2.45) is 0 Å². The number of hydrogen-bond donors (Lipinski definition) is 1. The Morgan fingerprint density at radius 3 is 2.87 bits per heavy atom. The van der Waals surface area contributed by atoms with Gasteiger partial charge in [0.15, 0.2) is 12.7 Å². The quantitative estimate of drug-likeness (QED) is 0.475. The van der Waals surface area contributed by atoms with E-state index in [0.717, 1.165) is 6.42 Å². The average molecular weight is 324 g/mol. The number of nitro groups is 1. The summed E-state index contributed by atoms with van der Waals surface area (Å²) in [6.45, 7) is 0.0325. The van der Waals surface area contributed by atoms with Gasteiger partial charge in [0.25, 0.3) is 11.6 Å². The van der Waals surface area contributed by atoms with Crippen molar-refractivity contribution in [3.63, 3.8) is 0 Å². The Hall–Kier alpha value is -2.68. The summed E-state index contributed by atoms with van der Waals surface area (Å²) in [5, 5.41) is 13.2. The fourth-order valence-corrected chi connectivity index (χ4v) is 2.08. The number of anilines is 1. The van der Waals surface area contributed by atoms with Crippen LogP contribution in [0.1, 0.15) is 12.8 Å². The summed E-state index contributed by atoms with van der Waals surface area (Å²) < 4.78 is 15.0. The number of esters is 1. The molecule has 1 N–H and O–H groups in total. The van der Waals surface area contributed by atoms with Crippen molar-refractivity contribution < 1.29 is 28.7 Å². The number of hydrogen-bond acceptors (Lipinski definition) is 7. The summed E-state index contributed by atoms with van der Waals surface area (Å²) in [6.07, 6.45) is 0.750. The third kappa shape index (κ3) is 4.39. The predicted molar refractivity (Wildman–Crippen MR) is 78.2 cm³/mol. The van der Waals surface area contributed by atoms with Crippen LogP contribution in [-0.2, 0) is 19.1 Å². The zero-order chi connectivity index (χ0) is 16.8. The summed E-state index contributed by atoms with van der Waals surface area (Å²) in [4.78, 5) is 33.5. The SMILES string of the molecule is COc1cc([N+](=O)[O-])ccc1NC(=O)COC(=O)[C@H]1CCCO1. The van der Waals surface area contributed by atoms with Gasteiger partial charge in [-0.2, -0.15) is 0 Å². The molecule has 0 aliphatic carbocycles. The van der Waals surface area contributed by atoms with Gasteiger partial charge in [-0.3, -0.25) is 14.9 Å². The molecule has 1 fully saturated rings. The van der Waals surface area contributed by atoms with Crippen LogP contribution in [0.5, 0.6) is 5.75 Å². The number of carbonyl (C=O) groups is 2. The molecule has 1 aromatic rings. The Labute approximate surface area is 131 Å². The van der Waals surface area contributed by atoms with Crippen LogP contribution < -0.4 is 10.1 Å². The molecule has 1 saturated heterocycles. The summed E-state index contributed by atoms with van der Waals surface area (Å²) in [6, 6.07) is 3.77. The first-order valence-electron chi connectivity index (χ1n) is 6.92. The molecule has 124 valence electrons. The standard InChI is InChI=1S/C14H16N2O7/c1-21-12-7-9(16(19)20)4-5-10(12)15-13(17)8-23-14(18)11-3-2-6-22-11/h4-5,7,11H,2-3,6,8H2,1H3,(H,15,17)/t11-/m1/s1. The fraction of sp³-hybridized carbons (Fsp3) is 0.429. The average Bonchev–Trinajstić information content (AvgIpc) is 3.07. The Bertz CT molecular complexity index is 611. The minimum atomic E-state index is -0.614. The van der Waals surface area contributed by atoms with Gasteiger partial charge in [-0.25, -0.2) is 4.79 Å². The molecule has 1 amide bonds. The van der Waals surface area contributed by atoms with Crippen molar-refractivity contribution >= 4 is 23.3 Å². The van der Waals surface area contributed by atoms with E-state index >= 15 is 0 Å². The van der Waals surface area contributed by atoms with E-state index in [2.05, 4.69) is 5.32 Å². The first-order chi connectivity index (χ1) is 11.0. The number of nitro benzene ring substituents is 1. The van der Waals surface area contributed by atoms with Crippen molar-refractivity contribution in [1.29, 1.82) is 0 Å². The van der Waals surface area contributed by atoms with Gasteiger partial charge in [0.1, 0.15) is 5.75 Å². The topological polar surface area (TPSA) is 117 Å². The number of amides is 1. The van der Waals surface area contributed by atoms with E-state index in [-0.39, 0.29) is 17.1 Å². The number of nitrogens with zero attached hydrogens (tertiary/aromatic N) is 1. The number of benzene rings is 1. The summed E-state index contributed by atoms with van der Waals surface area (Å²) in [5.74, 6) is -1.02. The highest BCUT2D eigenvalue weighted by molar-refractivity contribution is 5.94. The number of methoxy groups -OCH3 is 1. The number of non-ortho nitro benzene ring substituents is 1. The van der Waals surface area contributed by atoms with E-state index in [4.69, 9.17) is 14.2 Å². The molecule has 0 saturated carbocycles. The zero-order valence-corrected chi connectivity index (χ0v) is 12.4. The highest BCUT2D eigenvalue weighted by Crippen LogP contribution is 2.28. The van der Waals surface area contributed by atoms with Crippen LogP contribution in [0.25, 0.3) is 0 Å². The van der Waals surface area contributed by atoms with E-state index < -0.39 is 29.5 Å². The molecule has 0 spiro atoms. The van der Waals surface area contributed by atoms with Gasteiger partial charge in [-0.05, 0) is 18.9 Å². The van der Waals surface area contributed by atoms with Crippen LogP contribution in [0.4, 0.5) is 11.4 Å². The molecule has 0 unspecified atom stereocenters. The zero-order valence-electron chi connectivity index (χ0n) is 12.4. The second-order valence-electron chi connectivity index (χ2n) is 4.80. The highest BCUT2D eigenvalue weighted by Gasteiger charge is 2.25.